The molecule has 114 valence electrons. The number of hydrogen-bond acceptors (Lipinski definition) is 3. The Bertz CT molecular complexity index is 501. The molecule has 1 fully saturated rings. The quantitative estimate of drug-likeness (QED) is 0.818. The van der Waals surface area contributed by atoms with E-state index in [4.69, 9.17) is 4.74 Å². The zero-order valence-corrected chi connectivity index (χ0v) is 12.5. The van der Waals surface area contributed by atoms with Crippen LogP contribution in [0.15, 0.2) is 36.9 Å². The molecule has 0 spiro atoms. The van der Waals surface area contributed by atoms with Crippen LogP contribution >= 0.6 is 0 Å². The van der Waals surface area contributed by atoms with Gasteiger partial charge in [0, 0.05) is 19.1 Å². The van der Waals surface area contributed by atoms with Gasteiger partial charge >= 0.3 is 5.97 Å². The summed E-state index contributed by atoms with van der Waals surface area (Å²) in [6.45, 7) is 7.67. The Balaban J connectivity index is 2.02. The molecule has 0 saturated carbocycles. The van der Waals surface area contributed by atoms with E-state index in [0.717, 1.165) is 30.7 Å². The maximum Gasteiger partial charge on any atom is 0.307 e. The van der Waals surface area contributed by atoms with E-state index in [2.05, 4.69) is 24.5 Å². The summed E-state index contributed by atoms with van der Waals surface area (Å²) in [6.07, 6.45) is 3.43. The molecule has 2 atom stereocenters. The highest BCUT2D eigenvalue weighted by Crippen LogP contribution is 2.24. The van der Waals surface area contributed by atoms with Crippen molar-refractivity contribution < 1.29 is 14.6 Å². The third-order valence-electron chi connectivity index (χ3n) is 4.01. The summed E-state index contributed by atoms with van der Waals surface area (Å²) in [7, 11) is 0. The number of benzene rings is 1. The van der Waals surface area contributed by atoms with Gasteiger partial charge in [-0.2, -0.15) is 0 Å². The van der Waals surface area contributed by atoms with Crippen molar-refractivity contribution in [2.45, 2.75) is 32.4 Å². The average Bonchev–Trinajstić information content (AvgIpc) is 2.47. The molecule has 1 aromatic carbocycles. The van der Waals surface area contributed by atoms with Crippen LogP contribution in [0.5, 0.6) is 5.75 Å². The van der Waals surface area contributed by atoms with Crippen LogP contribution in [0.1, 0.15) is 25.3 Å². The third kappa shape index (κ3) is 4.33. The molecule has 0 radical (unpaired) electrons. The number of hydrogen-bond donors (Lipinski definition) is 1. The number of piperidine rings is 1. The lowest BCUT2D eigenvalue weighted by Gasteiger charge is -2.36. The third-order valence-corrected chi connectivity index (χ3v) is 4.01. The molecule has 2 unspecified atom stereocenters. The molecule has 0 amide bonds. The topological polar surface area (TPSA) is 49.8 Å². The Morgan fingerprint density at radius 1 is 1.52 bits per heavy atom. The van der Waals surface area contributed by atoms with Crippen LogP contribution in [0.4, 0.5) is 0 Å². The van der Waals surface area contributed by atoms with E-state index in [9.17, 15) is 9.90 Å². The summed E-state index contributed by atoms with van der Waals surface area (Å²) in [5, 5.41) is 9.19. The highest BCUT2D eigenvalue weighted by atomic mass is 16.5. The van der Waals surface area contributed by atoms with Gasteiger partial charge in [-0.1, -0.05) is 24.8 Å². The molecular weight excluding hydrogens is 266 g/mol. The summed E-state index contributed by atoms with van der Waals surface area (Å²) < 4.78 is 5.54. The first-order chi connectivity index (χ1) is 10.1. The molecule has 4 heteroatoms. The molecule has 1 aliphatic heterocycles. The first-order valence-corrected chi connectivity index (χ1v) is 7.39. The van der Waals surface area contributed by atoms with Crippen LogP contribution in [0.3, 0.4) is 0 Å². The molecule has 1 heterocycles. The van der Waals surface area contributed by atoms with Gasteiger partial charge in [-0.15, -0.1) is 0 Å². The van der Waals surface area contributed by atoms with Crippen LogP contribution in [0.2, 0.25) is 0 Å². The van der Waals surface area contributed by atoms with Crippen molar-refractivity contribution in [3.05, 3.63) is 42.5 Å². The van der Waals surface area contributed by atoms with Crippen LogP contribution in [0.25, 0.3) is 0 Å². The predicted molar refractivity (Wildman–Crippen MR) is 82.4 cm³/mol. The van der Waals surface area contributed by atoms with E-state index in [1.165, 1.54) is 0 Å². The number of carboxylic acid groups (broad SMARTS) is 1. The second kappa shape index (κ2) is 7.27. The van der Waals surface area contributed by atoms with Crippen LogP contribution in [0, 0.1) is 5.92 Å². The molecule has 1 aliphatic rings. The number of carboxylic acids is 1. The Kier molecular flexibility index (Phi) is 5.39. The lowest BCUT2D eigenvalue weighted by molar-refractivity contribution is -0.144. The molecule has 1 N–H and O–H groups in total. The standard InChI is InChI=1S/C17H23NO3/c1-3-9-21-16-6-4-5-14(10-16)11-18-12-15(17(19)20)8-7-13(18)2/h3-6,10,13,15H,1,7-9,11-12H2,2H3,(H,19,20). The molecule has 0 bridgehead atoms. The Hall–Kier alpha value is -1.81. The van der Waals surface area contributed by atoms with Crippen molar-refractivity contribution in [3.63, 3.8) is 0 Å². The fourth-order valence-corrected chi connectivity index (χ4v) is 2.72. The molecule has 0 aliphatic carbocycles. The van der Waals surface area contributed by atoms with Crippen molar-refractivity contribution >= 4 is 5.97 Å². The van der Waals surface area contributed by atoms with Gasteiger partial charge in [-0.25, -0.2) is 0 Å². The lowest BCUT2D eigenvalue weighted by Crippen LogP contribution is -2.43. The highest BCUT2D eigenvalue weighted by Gasteiger charge is 2.29. The Morgan fingerprint density at radius 3 is 3.05 bits per heavy atom. The van der Waals surface area contributed by atoms with Gasteiger partial charge in [-0.05, 0) is 37.5 Å². The van der Waals surface area contributed by atoms with Gasteiger partial charge in [-0.3, -0.25) is 9.69 Å². The van der Waals surface area contributed by atoms with Crippen LogP contribution in [-0.2, 0) is 11.3 Å². The van der Waals surface area contributed by atoms with Crippen LogP contribution in [-0.4, -0.2) is 35.2 Å². The number of likely N-dealkylation sites (tertiary alicyclic amines) is 1. The van der Waals surface area contributed by atoms with Crippen molar-refractivity contribution in [2.75, 3.05) is 13.2 Å². The second-order valence-electron chi connectivity index (χ2n) is 5.64. The largest absolute Gasteiger partial charge is 0.490 e. The normalized spacial score (nSPS) is 22.7. The number of carbonyl (C=O) groups is 1. The summed E-state index contributed by atoms with van der Waals surface area (Å²) in [5.41, 5.74) is 1.15. The number of aliphatic carboxylic acids is 1. The van der Waals surface area contributed by atoms with Crippen molar-refractivity contribution in [1.82, 2.24) is 4.90 Å². The summed E-state index contributed by atoms with van der Waals surface area (Å²) in [4.78, 5) is 13.4. The van der Waals surface area contributed by atoms with Gasteiger partial charge in [0.15, 0.2) is 0 Å². The van der Waals surface area contributed by atoms with Gasteiger partial charge in [0.25, 0.3) is 0 Å². The summed E-state index contributed by atoms with van der Waals surface area (Å²) in [6, 6.07) is 8.38. The first-order valence-electron chi connectivity index (χ1n) is 7.39. The summed E-state index contributed by atoms with van der Waals surface area (Å²) >= 11 is 0. The smallest absolute Gasteiger partial charge is 0.307 e. The van der Waals surface area contributed by atoms with Gasteiger partial charge in [0.1, 0.15) is 12.4 Å². The van der Waals surface area contributed by atoms with Gasteiger partial charge < -0.3 is 9.84 Å². The van der Waals surface area contributed by atoms with E-state index in [1.54, 1.807) is 6.08 Å². The average molecular weight is 289 g/mol. The van der Waals surface area contributed by atoms with Crippen molar-refractivity contribution in [1.29, 1.82) is 0 Å². The SMILES string of the molecule is C=CCOc1cccc(CN2CC(C(=O)O)CCC2C)c1. The van der Waals surface area contributed by atoms with E-state index >= 15 is 0 Å². The number of nitrogens with zero attached hydrogens (tertiary/aromatic N) is 1. The zero-order valence-electron chi connectivity index (χ0n) is 12.5. The molecule has 0 aromatic heterocycles. The number of rotatable bonds is 6. The Morgan fingerprint density at radius 2 is 2.33 bits per heavy atom. The second-order valence-corrected chi connectivity index (χ2v) is 5.64. The summed E-state index contributed by atoms with van der Waals surface area (Å²) in [5.74, 6) is -0.108. The molecular formula is C17H23NO3. The van der Waals surface area contributed by atoms with E-state index in [1.807, 2.05) is 18.2 Å². The minimum absolute atomic E-state index is 0.249. The van der Waals surface area contributed by atoms with E-state index in [-0.39, 0.29) is 5.92 Å². The minimum atomic E-state index is -0.685. The minimum Gasteiger partial charge on any atom is -0.490 e. The van der Waals surface area contributed by atoms with E-state index in [0.29, 0.717) is 19.2 Å². The monoisotopic (exact) mass is 289 g/mol. The molecule has 1 aromatic rings. The Labute approximate surface area is 126 Å². The lowest BCUT2D eigenvalue weighted by atomic mass is 9.93. The first kappa shape index (κ1) is 15.6. The van der Waals surface area contributed by atoms with E-state index < -0.39 is 5.97 Å². The molecule has 2 rings (SSSR count). The number of ether oxygens (including phenoxy) is 1. The maximum absolute atomic E-state index is 11.2. The van der Waals surface area contributed by atoms with Crippen molar-refractivity contribution in [2.24, 2.45) is 5.92 Å². The maximum atomic E-state index is 11.2. The predicted octanol–water partition coefficient (Wildman–Crippen LogP) is 2.94. The molecule has 4 nitrogen and oxygen atoms in total. The van der Waals surface area contributed by atoms with Crippen molar-refractivity contribution in [3.8, 4) is 5.75 Å². The highest BCUT2D eigenvalue weighted by molar-refractivity contribution is 5.70. The fourth-order valence-electron chi connectivity index (χ4n) is 2.72. The zero-order chi connectivity index (χ0) is 15.2. The van der Waals surface area contributed by atoms with Gasteiger partial charge in [0.05, 0.1) is 5.92 Å². The van der Waals surface area contributed by atoms with Gasteiger partial charge in [0.2, 0.25) is 0 Å². The molecule has 21 heavy (non-hydrogen) atoms. The van der Waals surface area contributed by atoms with Crippen LogP contribution < -0.4 is 4.74 Å². The molecule has 1 saturated heterocycles. The fraction of sp³-hybridized carbons (Fsp3) is 0.471.